The van der Waals surface area contributed by atoms with Gasteiger partial charge in [0, 0.05) is 28.4 Å². The van der Waals surface area contributed by atoms with E-state index in [0.717, 1.165) is 10.9 Å². The molecule has 1 aromatic heterocycles. The van der Waals surface area contributed by atoms with Crippen molar-refractivity contribution in [2.45, 2.75) is 6.67 Å². The monoisotopic (exact) mass is 164 g/mol. The molecular formula is C9H9FN2. The van der Waals surface area contributed by atoms with Gasteiger partial charge in [0.2, 0.25) is 0 Å². The van der Waals surface area contributed by atoms with E-state index in [4.69, 9.17) is 5.73 Å². The quantitative estimate of drug-likeness (QED) is 0.623. The lowest BCUT2D eigenvalue weighted by molar-refractivity contribution is 0.488. The lowest BCUT2D eigenvalue weighted by Gasteiger charge is -1.93. The summed E-state index contributed by atoms with van der Waals surface area (Å²) in [5.74, 6) is 0. The van der Waals surface area contributed by atoms with Crippen LogP contribution in [0.4, 0.5) is 10.1 Å². The second kappa shape index (κ2) is 2.52. The smallest absolute Gasteiger partial charge is 0.117 e. The number of hydrogen-bond donors (Lipinski definition) is 2. The number of nitrogens with one attached hydrogen (secondary N) is 1. The molecule has 0 fully saturated rings. The first-order chi connectivity index (χ1) is 5.81. The molecule has 0 aliphatic carbocycles. The number of alkyl halides is 1. The number of hydrogen-bond acceptors (Lipinski definition) is 1. The summed E-state index contributed by atoms with van der Waals surface area (Å²) in [4.78, 5) is 2.96. The molecule has 0 saturated carbocycles. The van der Waals surface area contributed by atoms with Gasteiger partial charge in [0.05, 0.1) is 0 Å². The Labute approximate surface area is 69.2 Å². The zero-order valence-corrected chi connectivity index (χ0v) is 6.47. The Morgan fingerprint density at radius 3 is 3.00 bits per heavy atom. The molecule has 0 aliphatic rings. The predicted molar refractivity (Wildman–Crippen MR) is 47.5 cm³/mol. The molecule has 2 aromatic rings. The van der Waals surface area contributed by atoms with Crippen molar-refractivity contribution < 1.29 is 4.39 Å². The Hall–Kier alpha value is -1.51. The first-order valence-electron chi connectivity index (χ1n) is 3.72. The van der Waals surface area contributed by atoms with E-state index in [1.54, 1.807) is 18.3 Å². The van der Waals surface area contributed by atoms with Gasteiger partial charge < -0.3 is 10.7 Å². The lowest BCUT2D eigenvalue weighted by atomic mass is 10.2. The molecular weight excluding hydrogens is 155 g/mol. The molecule has 0 spiro atoms. The molecule has 0 radical (unpaired) electrons. The van der Waals surface area contributed by atoms with E-state index in [0.29, 0.717) is 11.3 Å². The van der Waals surface area contributed by atoms with Crippen LogP contribution in [0.2, 0.25) is 0 Å². The molecule has 2 rings (SSSR count). The van der Waals surface area contributed by atoms with Crippen LogP contribution in [0.5, 0.6) is 0 Å². The molecule has 3 heteroatoms. The molecule has 0 atom stereocenters. The topological polar surface area (TPSA) is 41.8 Å². The van der Waals surface area contributed by atoms with Gasteiger partial charge in [-0.15, -0.1) is 0 Å². The Kier molecular flexibility index (Phi) is 1.50. The van der Waals surface area contributed by atoms with Crippen molar-refractivity contribution in [3.05, 3.63) is 30.0 Å². The number of nitrogens with two attached hydrogens (primary N) is 1. The van der Waals surface area contributed by atoms with Gasteiger partial charge in [0.15, 0.2) is 0 Å². The lowest BCUT2D eigenvalue weighted by Crippen LogP contribution is -1.82. The average Bonchev–Trinajstić information content (AvgIpc) is 2.46. The largest absolute Gasteiger partial charge is 0.399 e. The van der Waals surface area contributed by atoms with Crippen molar-refractivity contribution in [2.75, 3.05) is 5.73 Å². The summed E-state index contributed by atoms with van der Waals surface area (Å²) >= 11 is 0. The van der Waals surface area contributed by atoms with Crippen molar-refractivity contribution in [2.24, 2.45) is 0 Å². The van der Waals surface area contributed by atoms with Gasteiger partial charge in [-0.2, -0.15) is 0 Å². The fourth-order valence-corrected chi connectivity index (χ4v) is 1.31. The predicted octanol–water partition coefficient (Wildman–Crippen LogP) is 2.22. The van der Waals surface area contributed by atoms with E-state index in [1.165, 1.54) is 0 Å². The van der Waals surface area contributed by atoms with Gasteiger partial charge in [-0.25, -0.2) is 4.39 Å². The number of anilines is 1. The maximum absolute atomic E-state index is 12.3. The highest BCUT2D eigenvalue weighted by atomic mass is 19.1. The van der Waals surface area contributed by atoms with E-state index >= 15 is 0 Å². The van der Waals surface area contributed by atoms with Crippen molar-refractivity contribution >= 4 is 16.6 Å². The molecule has 1 aromatic carbocycles. The first-order valence-corrected chi connectivity index (χ1v) is 3.72. The fourth-order valence-electron chi connectivity index (χ4n) is 1.31. The van der Waals surface area contributed by atoms with Gasteiger partial charge in [-0.1, -0.05) is 6.07 Å². The summed E-state index contributed by atoms with van der Waals surface area (Å²) in [5, 5.41) is 0.909. The molecule has 0 amide bonds. The molecule has 0 saturated heterocycles. The van der Waals surface area contributed by atoms with E-state index in [-0.39, 0.29) is 0 Å². The van der Waals surface area contributed by atoms with Crippen LogP contribution in [0, 0.1) is 0 Å². The number of rotatable bonds is 1. The van der Waals surface area contributed by atoms with Crippen LogP contribution in [-0.4, -0.2) is 4.98 Å². The van der Waals surface area contributed by atoms with Gasteiger partial charge >= 0.3 is 0 Å². The third-order valence-electron chi connectivity index (χ3n) is 1.94. The Bertz CT molecular complexity index is 406. The number of halogens is 1. The van der Waals surface area contributed by atoms with Crippen LogP contribution in [0.15, 0.2) is 24.4 Å². The number of aromatic amines is 1. The molecule has 1 heterocycles. The molecule has 12 heavy (non-hydrogen) atoms. The van der Waals surface area contributed by atoms with Crippen molar-refractivity contribution in [1.82, 2.24) is 4.98 Å². The molecule has 62 valence electrons. The highest BCUT2D eigenvalue weighted by molar-refractivity contribution is 5.85. The second-order valence-corrected chi connectivity index (χ2v) is 2.75. The number of aromatic nitrogens is 1. The average molecular weight is 164 g/mol. The molecule has 0 bridgehead atoms. The molecule has 3 N–H and O–H groups in total. The number of benzene rings is 1. The highest BCUT2D eigenvalue weighted by Gasteiger charge is 2.01. The summed E-state index contributed by atoms with van der Waals surface area (Å²) in [5.41, 5.74) is 7.83. The summed E-state index contributed by atoms with van der Waals surface area (Å²) in [7, 11) is 0. The van der Waals surface area contributed by atoms with Crippen molar-refractivity contribution in [1.29, 1.82) is 0 Å². The van der Waals surface area contributed by atoms with E-state index < -0.39 is 6.67 Å². The van der Waals surface area contributed by atoms with Crippen LogP contribution >= 0.6 is 0 Å². The van der Waals surface area contributed by atoms with Crippen molar-refractivity contribution in [3.8, 4) is 0 Å². The maximum atomic E-state index is 12.3. The minimum absolute atomic E-state index is 0.441. The summed E-state index contributed by atoms with van der Waals surface area (Å²) in [6, 6.07) is 5.40. The van der Waals surface area contributed by atoms with Gasteiger partial charge in [0.1, 0.15) is 6.67 Å². The number of nitrogen functional groups attached to an aromatic ring is 1. The minimum atomic E-state index is -0.441. The Morgan fingerprint density at radius 2 is 2.25 bits per heavy atom. The minimum Gasteiger partial charge on any atom is -0.399 e. The van der Waals surface area contributed by atoms with Crippen LogP contribution in [0.25, 0.3) is 10.9 Å². The third kappa shape index (κ3) is 0.942. The zero-order valence-electron chi connectivity index (χ0n) is 6.47. The second-order valence-electron chi connectivity index (χ2n) is 2.75. The molecule has 0 unspecified atom stereocenters. The van der Waals surface area contributed by atoms with Crippen LogP contribution < -0.4 is 5.73 Å². The standard InChI is InChI=1S/C9H9FN2/c10-4-6-5-12-9-3-7(11)1-2-8(6)9/h1-3,5,12H,4,11H2. The Morgan fingerprint density at radius 1 is 1.42 bits per heavy atom. The fraction of sp³-hybridized carbons (Fsp3) is 0.111. The first kappa shape index (κ1) is 7.16. The van der Waals surface area contributed by atoms with E-state index in [9.17, 15) is 4.39 Å². The SMILES string of the molecule is Nc1ccc2c(CF)c[nH]c2c1. The third-order valence-corrected chi connectivity index (χ3v) is 1.94. The van der Waals surface area contributed by atoms with Gasteiger partial charge in [-0.3, -0.25) is 0 Å². The zero-order chi connectivity index (χ0) is 8.55. The summed E-state index contributed by atoms with van der Waals surface area (Å²) < 4.78 is 12.3. The normalized spacial score (nSPS) is 10.8. The summed E-state index contributed by atoms with van der Waals surface area (Å²) in [6.07, 6.45) is 1.67. The summed E-state index contributed by atoms with van der Waals surface area (Å²) in [6.45, 7) is -0.441. The van der Waals surface area contributed by atoms with Gasteiger partial charge in [-0.05, 0) is 12.1 Å². The van der Waals surface area contributed by atoms with E-state index in [2.05, 4.69) is 4.98 Å². The van der Waals surface area contributed by atoms with Crippen molar-refractivity contribution in [3.63, 3.8) is 0 Å². The highest BCUT2D eigenvalue weighted by Crippen LogP contribution is 2.20. The molecule has 0 aliphatic heterocycles. The maximum Gasteiger partial charge on any atom is 0.117 e. The van der Waals surface area contributed by atoms with Crippen LogP contribution in [0.3, 0.4) is 0 Å². The Balaban J connectivity index is 2.73. The molecule has 2 nitrogen and oxygen atoms in total. The number of H-pyrrole nitrogens is 1. The number of fused-ring (bicyclic) bond motifs is 1. The van der Waals surface area contributed by atoms with Crippen LogP contribution in [0.1, 0.15) is 5.56 Å². The van der Waals surface area contributed by atoms with Crippen LogP contribution in [-0.2, 0) is 6.67 Å². The van der Waals surface area contributed by atoms with E-state index in [1.807, 2.05) is 6.07 Å². The van der Waals surface area contributed by atoms with Gasteiger partial charge in [0.25, 0.3) is 0 Å².